The van der Waals surface area contributed by atoms with Gasteiger partial charge in [0.15, 0.2) is 11.5 Å². The third-order valence-electron chi connectivity index (χ3n) is 4.48. The van der Waals surface area contributed by atoms with Crippen LogP contribution < -0.4 is 19.7 Å². The molecular weight excluding hydrogens is 464 g/mol. The molecule has 1 aliphatic heterocycles. The summed E-state index contributed by atoms with van der Waals surface area (Å²) >= 11 is 3.45. The minimum Gasteiger partial charge on any atom is -0.493 e. The number of halogens is 1. The Morgan fingerprint density at radius 3 is 2.26 bits per heavy atom. The molecule has 0 bridgehead atoms. The molecule has 1 saturated heterocycles. The van der Waals surface area contributed by atoms with E-state index in [4.69, 9.17) is 9.47 Å². The topological polar surface area (TPSA) is 84.9 Å². The second-order valence-electron chi connectivity index (χ2n) is 7.50. The minimum absolute atomic E-state index is 0.0718. The van der Waals surface area contributed by atoms with E-state index >= 15 is 0 Å². The van der Waals surface area contributed by atoms with Crippen LogP contribution in [0.5, 0.6) is 11.5 Å². The molecule has 0 aromatic heterocycles. The van der Waals surface area contributed by atoms with E-state index in [9.17, 15) is 14.4 Å². The normalized spacial score (nSPS) is 15.5. The fourth-order valence-electron chi connectivity index (χ4n) is 3.31. The van der Waals surface area contributed by atoms with Crippen LogP contribution in [0.15, 0.2) is 40.4 Å². The Labute approximate surface area is 189 Å². The minimum atomic E-state index is -0.781. The van der Waals surface area contributed by atoms with E-state index in [1.165, 1.54) is 13.2 Å². The lowest BCUT2D eigenvalue weighted by molar-refractivity contribution is -0.122. The van der Waals surface area contributed by atoms with Crippen molar-refractivity contribution in [2.75, 3.05) is 12.0 Å². The number of carbonyl (C=O) groups is 3. The molecule has 162 valence electrons. The zero-order valence-electron chi connectivity index (χ0n) is 17.9. The summed E-state index contributed by atoms with van der Waals surface area (Å²) in [6.07, 6.45) is 1.35. The lowest BCUT2D eigenvalue weighted by atomic mass is 10.0. The molecule has 3 rings (SSSR count). The number of amides is 4. The van der Waals surface area contributed by atoms with E-state index in [1.54, 1.807) is 24.3 Å². The van der Waals surface area contributed by atoms with Crippen molar-refractivity contribution in [2.45, 2.75) is 33.8 Å². The predicted octanol–water partition coefficient (Wildman–Crippen LogP) is 4.53. The van der Waals surface area contributed by atoms with E-state index < -0.39 is 17.8 Å². The number of urea groups is 1. The lowest BCUT2D eigenvalue weighted by Crippen LogP contribution is -2.54. The highest BCUT2D eigenvalue weighted by atomic mass is 79.9. The average molecular weight is 487 g/mol. The molecule has 8 heteroatoms. The smallest absolute Gasteiger partial charge is 0.335 e. The maximum absolute atomic E-state index is 13.1. The van der Waals surface area contributed by atoms with Gasteiger partial charge in [-0.3, -0.25) is 14.9 Å². The van der Waals surface area contributed by atoms with Crippen molar-refractivity contribution in [1.29, 1.82) is 0 Å². The molecule has 4 amide bonds. The van der Waals surface area contributed by atoms with Crippen molar-refractivity contribution < 1.29 is 23.9 Å². The summed E-state index contributed by atoms with van der Waals surface area (Å²) in [6.45, 7) is 7.53. The predicted molar refractivity (Wildman–Crippen MR) is 121 cm³/mol. The van der Waals surface area contributed by atoms with Gasteiger partial charge in [-0.15, -0.1) is 0 Å². The number of nitrogens with zero attached hydrogens (tertiary/aromatic N) is 1. The number of benzene rings is 2. The monoisotopic (exact) mass is 486 g/mol. The van der Waals surface area contributed by atoms with Gasteiger partial charge in [-0.1, -0.05) is 6.07 Å². The first-order valence-electron chi connectivity index (χ1n) is 9.64. The number of hydrogen-bond acceptors (Lipinski definition) is 5. The number of rotatable bonds is 5. The average Bonchev–Trinajstić information content (AvgIpc) is 2.65. The summed E-state index contributed by atoms with van der Waals surface area (Å²) in [5.74, 6) is -0.489. The fourth-order valence-corrected chi connectivity index (χ4v) is 3.86. The molecule has 1 heterocycles. The van der Waals surface area contributed by atoms with Gasteiger partial charge in [-0.25, -0.2) is 9.69 Å². The van der Waals surface area contributed by atoms with Crippen molar-refractivity contribution in [3.8, 4) is 11.5 Å². The molecule has 0 unspecified atom stereocenters. The van der Waals surface area contributed by atoms with Gasteiger partial charge in [0.1, 0.15) is 5.57 Å². The zero-order chi connectivity index (χ0) is 22.9. The molecule has 0 aliphatic carbocycles. The first kappa shape index (κ1) is 22.6. The van der Waals surface area contributed by atoms with Crippen LogP contribution in [0.25, 0.3) is 6.08 Å². The van der Waals surface area contributed by atoms with Crippen LogP contribution in [0.3, 0.4) is 0 Å². The summed E-state index contributed by atoms with van der Waals surface area (Å²) in [5.41, 5.74) is 2.57. The Morgan fingerprint density at radius 2 is 1.68 bits per heavy atom. The molecule has 31 heavy (non-hydrogen) atoms. The van der Waals surface area contributed by atoms with Crippen LogP contribution >= 0.6 is 15.9 Å². The van der Waals surface area contributed by atoms with E-state index in [1.807, 2.05) is 33.8 Å². The largest absolute Gasteiger partial charge is 0.493 e. The van der Waals surface area contributed by atoms with Gasteiger partial charge >= 0.3 is 6.03 Å². The van der Waals surface area contributed by atoms with Gasteiger partial charge in [-0.05, 0) is 90.7 Å². The number of anilines is 1. The Bertz CT molecular complexity index is 1090. The van der Waals surface area contributed by atoms with Crippen LogP contribution in [0.2, 0.25) is 0 Å². The SMILES string of the molecule is COc1cc(/C=C2\C(=O)NC(=O)N(c3cc(C)cc(C)c3)C2=O)cc(Br)c1OC(C)C. The summed E-state index contributed by atoms with van der Waals surface area (Å²) < 4.78 is 11.8. The maximum atomic E-state index is 13.1. The number of carbonyl (C=O) groups excluding carboxylic acids is 3. The van der Waals surface area contributed by atoms with Gasteiger partial charge in [0, 0.05) is 0 Å². The molecule has 7 nitrogen and oxygen atoms in total. The highest BCUT2D eigenvalue weighted by molar-refractivity contribution is 9.10. The Morgan fingerprint density at radius 1 is 1.03 bits per heavy atom. The molecule has 0 saturated carbocycles. The van der Waals surface area contributed by atoms with Gasteiger partial charge in [-0.2, -0.15) is 0 Å². The lowest BCUT2D eigenvalue weighted by Gasteiger charge is -2.27. The van der Waals surface area contributed by atoms with Gasteiger partial charge in [0.25, 0.3) is 11.8 Å². The van der Waals surface area contributed by atoms with E-state index in [0.29, 0.717) is 27.2 Å². The van der Waals surface area contributed by atoms with Gasteiger partial charge in [0.2, 0.25) is 0 Å². The van der Waals surface area contributed by atoms with Gasteiger partial charge in [0.05, 0.1) is 23.4 Å². The molecule has 0 spiro atoms. The first-order valence-corrected chi connectivity index (χ1v) is 10.4. The third kappa shape index (κ3) is 4.80. The number of aryl methyl sites for hydroxylation is 2. The number of methoxy groups -OCH3 is 1. The van der Waals surface area contributed by atoms with Crippen molar-refractivity contribution >= 4 is 45.5 Å². The maximum Gasteiger partial charge on any atom is 0.335 e. The Kier molecular flexibility index (Phi) is 6.50. The molecule has 0 atom stereocenters. The van der Waals surface area contributed by atoms with Crippen molar-refractivity contribution in [3.05, 3.63) is 57.1 Å². The van der Waals surface area contributed by atoms with E-state index in [-0.39, 0.29) is 11.7 Å². The summed E-state index contributed by atoms with van der Waals surface area (Å²) in [5, 5.41) is 2.24. The Balaban J connectivity index is 2.05. The molecule has 2 aromatic rings. The van der Waals surface area contributed by atoms with Crippen LogP contribution in [0, 0.1) is 13.8 Å². The van der Waals surface area contributed by atoms with Crippen molar-refractivity contribution in [2.24, 2.45) is 0 Å². The summed E-state index contributed by atoms with van der Waals surface area (Å²) in [4.78, 5) is 39.0. The molecular formula is C23H23BrN2O5. The quantitative estimate of drug-likeness (QED) is 0.495. The van der Waals surface area contributed by atoms with Crippen molar-refractivity contribution in [3.63, 3.8) is 0 Å². The number of barbiturate groups is 1. The van der Waals surface area contributed by atoms with Crippen LogP contribution in [0.1, 0.15) is 30.5 Å². The van der Waals surface area contributed by atoms with Crippen LogP contribution in [-0.4, -0.2) is 31.1 Å². The third-order valence-corrected chi connectivity index (χ3v) is 5.07. The van der Waals surface area contributed by atoms with E-state index in [0.717, 1.165) is 16.0 Å². The zero-order valence-corrected chi connectivity index (χ0v) is 19.5. The standard InChI is InChI=1S/C23H23BrN2O5/c1-12(2)31-20-18(24)10-15(11-19(20)30-5)9-17-21(27)25-23(29)26(22(17)28)16-7-13(3)6-14(4)8-16/h6-12H,1-5H3,(H,25,27,29)/b17-9+. The number of imide groups is 2. The molecule has 1 aliphatic rings. The highest BCUT2D eigenvalue weighted by Crippen LogP contribution is 2.38. The molecule has 0 radical (unpaired) electrons. The highest BCUT2D eigenvalue weighted by Gasteiger charge is 2.37. The summed E-state index contributed by atoms with van der Waals surface area (Å²) in [7, 11) is 1.50. The summed E-state index contributed by atoms with van der Waals surface area (Å²) in [6, 6.07) is 7.96. The first-order chi connectivity index (χ1) is 14.6. The second kappa shape index (κ2) is 8.93. The fraction of sp³-hybridized carbons (Fsp3) is 0.261. The van der Waals surface area contributed by atoms with E-state index in [2.05, 4.69) is 21.2 Å². The number of nitrogens with one attached hydrogen (secondary N) is 1. The second-order valence-corrected chi connectivity index (χ2v) is 8.36. The van der Waals surface area contributed by atoms with Gasteiger partial charge < -0.3 is 9.47 Å². The molecule has 2 aromatic carbocycles. The molecule has 1 N–H and O–H groups in total. The number of ether oxygens (including phenoxy) is 2. The number of hydrogen-bond donors (Lipinski definition) is 1. The van der Waals surface area contributed by atoms with Crippen LogP contribution in [-0.2, 0) is 9.59 Å². The van der Waals surface area contributed by atoms with Crippen LogP contribution in [0.4, 0.5) is 10.5 Å². The Hall–Kier alpha value is -3.13. The molecule has 1 fully saturated rings. The van der Waals surface area contributed by atoms with Crippen molar-refractivity contribution in [1.82, 2.24) is 5.32 Å².